The number of alkyl halides is 3. The first-order chi connectivity index (χ1) is 9.12. The monoisotopic (exact) mass is 294 g/mol. The number of amides is 2. The van der Waals surface area contributed by atoms with Crippen molar-refractivity contribution in [3.8, 4) is 0 Å². The predicted molar refractivity (Wildman–Crippen MR) is 65.1 cm³/mol. The molecule has 1 rings (SSSR count). The van der Waals surface area contributed by atoms with Crippen molar-refractivity contribution in [2.24, 2.45) is 5.92 Å². The predicted octanol–water partition coefficient (Wildman–Crippen LogP) is 2.00. The van der Waals surface area contributed by atoms with Crippen LogP contribution in [0, 0.1) is 5.92 Å². The summed E-state index contributed by atoms with van der Waals surface area (Å²) in [4.78, 5) is 23.9. The molecular formula is C12H17F3N2O3. The number of urea groups is 1. The summed E-state index contributed by atoms with van der Waals surface area (Å²) in [5.41, 5.74) is -0.653. The topological polar surface area (TPSA) is 69.6 Å². The fourth-order valence-electron chi connectivity index (χ4n) is 1.85. The van der Waals surface area contributed by atoms with E-state index in [0.717, 1.165) is 11.0 Å². The first-order valence-corrected chi connectivity index (χ1v) is 6.17. The fourth-order valence-corrected chi connectivity index (χ4v) is 1.85. The second-order valence-corrected chi connectivity index (χ2v) is 4.93. The summed E-state index contributed by atoms with van der Waals surface area (Å²) in [7, 11) is 0. The van der Waals surface area contributed by atoms with Crippen molar-refractivity contribution in [2.45, 2.75) is 32.5 Å². The lowest BCUT2D eigenvalue weighted by atomic mass is 10.0. The van der Waals surface area contributed by atoms with Gasteiger partial charge in [0.2, 0.25) is 0 Å². The minimum absolute atomic E-state index is 0.0817. The first kappa shape index (κ1) is 16.3. The zero-order valence-corrected chi connectivity index (χ0v) is 11.2. The number of halogens is 3. The number of hydrogen-bond acceptors (Lipinski definition) is 2. The van der Waals surface area contributed by atoms with Crippen LogP contribution < -0.4 is 5.32 Å². The highest BCUT2D eigenvalue weighted by atomic mass is 19.4. The van der Waals surface area contributed by atoms with E-state index in [9.17, 15) is 22.8 Å². The van der Waals surface area contributed by atoms with E-state index in [1.807, 2.05) is 0 Å². The minimum Gasteiger partial charge on any atom is -0.480 e. The largest absolute Gasteiger partial charge is 0.480 e. The van der Waals surface area contributed by atoms with Gasteiger partial charge in [-0.15, -0.1) is 0 Å². The van der Waals surface area contributed by atoms with E-state index in [1.54, 1.807) is 13.8 Å². The molecule has 0 spiro atoms. The molecule has 1 aliphatic heterocycles. The van der Waals surface area contributed by atoms with Crippen LogP contribution in [0.3, 0.4) is 0 Å². The first-order valence-electron chi connectivity index (χ1n) is 6.17. The van der Waals surface area contributed by atoms with Gasteiger partial charge in [-0.25, -0.2) is 9.59 Å². The number of nitrogens with zero attached hydrogens (tertiary/aromatic N) is 1. The molecule has 1 heterocycles. The van der Waals surface area contributed by atoms with E-state index in [1.165, 1.54) is 0 Å². The van der Waals surface area contributed by atoms with Gasteiger partial charge in [-0.05, 0) is 12.3 Å². The van der Waals surface area contributed by atoms with Gasteiger partial charge in [-0.3, -0.25) is 0 Å². The van der Waals surface area contributed by atoms with Crippen LogP contribution in [0.1, 0.15) is 20.3 Å². The molecule has 114 valence electrons. The number of carboxylic acid groups (broad SMARTS) is 1. The Morgan fingerprint density at radius 3 is 2.35 bits per heavy atom. The van der Waals surface area contributed by atoms with Gasteiger partial charge >= 0.3 is 18.2 Å². The average molecular weight is 294 g/mol. The Morgan fingerprint density at radius 2 is 2.00 bits per heavy atom. The number of nitrogens with one attached hydrogen (secondary N) is 1. The third kappa shape index (κ3) is 4.14. The van der Waals surface area contributed by atoms with Gasteiger partial charge in [0.05, 0.1) is 0 Å². The number of carboxylic acids is 1. The smallest absolute Gasteiger partial charge is 0.412 e. The fraction of sp³-hybridized carbons (Fsp3) is 0.667. The maximum atomic E-state index is 12.4. The van der Waals surface area contributed by atoms with E-state index in [2.05, 4.69) is 5.32 Å². The highest BCUT2D eigenvalue weighted by Gasteiger charge is 2.36. The molecule has 1 aliphatic rings. The lowest BCUT2D eigenvalue weighted by molar-refractivity contribution is -0.140. The molecule has 0 radical (unpaired) electrons. The Labute approximate surface area is 114 Å². The van der Waals surface area contributed by atoms with Crippen molar-refractivity contribution in [3.05, 3.63) is 11.6 Å². The number of carbonyl (C=O) groups is 2. The summed E-state index contributed by atoms with van der Waals surface area (Å²) in [6.45, 7) is 3.01. The third-order valence-corrected chi connectivity index (χ3v) is 3.07. The summed E-state index contributed by atoms with van der Waals surface area (Å²) < 4.78 is 37.3. The van der Waals surface area contributed by atoms with E-state index in [4.69, 9.17) is 5.11 Å². The molecule has 2 amide bonds. The Morgan fingerprint density at radius 1 is 1.40 bits per heavy atom. The Bertz CT molecular complexity index is 419. The van der Waals surface area contributed by atoms with Gasteiger partial charge < -0.3 is 15.3 Å². The molecule has 0 bridgehead atoms. The van der Waals surface area contributed by atoms with Crippen molar-refractivity contribution in [3.63, 3.8) is 0 Å². The van der Waals surface area contributed by atoms with Crippen LogP contribution in [-0.2, 0) is 4.79 Å². The van der Waals surface area contributed by atoms with Crippen molar-refractivity contribution in [1.82, 2.24) is 10.2 Å². The lowest BCUT2D eigenvalue weighted by Gasteiger charge is -2.29. The van der Waals surface area contributed by atoms with Crippen molar-refractivity contribution < 1.29 is 27.9 Å². The van der Waals surface area contributed by atoms with Crippen molar-refractivity contribution in [2.75, 3.05) is 13.1 Å². The van der Waals surface area contributed by atoms with Gasteiger partial charge in [-0.2, -0.15) is 13.2 Å². The summed E-state index contributed by atoms with van der Waals surface area (Å²) in [6.07, 6.45) is -3.70. The molecule has 0 aromatic heterocycles. The molecule has 20 heavy (non-hydrogen) atoms. The molecular weight excluding hydrogens is 277 g/mol. The highest BCUT2D eigenvalue weighted by Crippen LogP contribution is 2.30. The average Bonchev–Trinajstić information content (AvgIpc) is 2.34. The molecule has 2 N–H and O–H groups in total. The van der Waals surface area contributed by atoms with Gasteiger partial charge in [0, 0.05) is 18.7 Å². The molecule has 0 fully saturated rings. The zero-order chi connectivity index (χ0) is 15.5. The van der Waals surface area contributed by atoms with Crippen LogP contribution in [0.5, 0.6) is 0 Å². The molecule has 1 atom stereocenters. The SMILES string of the molecule is CC(C)[C@@H](NC(=O)N1CC=C(C(F)(F)F)CC1)C(=O)O. The van der Waals surface area contributed by atoms with Gasteiger partial charge in [0.25, 0.3) is 0 Å². The van der Waals surface area contributed by atoms with Crippen LogP contribution in [0.25, 0.3) is 0 Å². The summed E-state index contributed by atoms with van der Waals surface area (Å²) in [5, 5.41) is 11.3. The van der Waals surface area contributed by atoms with E-state index < -0.39 is 29.8 Å². The molecule has 0 aromatic rings. The zero-order valence-electron chi connectivity index (χ0n) is 11.2. The second-order valence-electron chi connectivity index (χ2n) is 4.93. The number of aliphatic carboxylic acids is 1. The Kier molecular flexibility index (Phi) is 5.02. The standard InChI is InChI=1S/C12H17F3N2O3/c1-7(2)9(10(18)19)16-11(20)17-5-3-8(4-6-17)12(13,14)15/h3,7,9H,4-6H2,1-2H3,(H,16,20)(H,18,19)/t9-/m1/s1. The highest BCUT2D eigenvalue weighted by molar-refractivity contribution is 5.83. The summed E-state index contributed by atoms with van der Waals surface area (Å²) in [6, 6.07) is -1.72. The Balaban J connectivity index is 2.63. The van der Waals surface area contributed by atoms with E-state index >= 15 is 0 Å². The van der Waals surface area contributed by atoms with E-state index in [-0.39, 0.29) is 25.4 Å². The van der Waals surface area contributed by atoms with Gasteiger partial charge in [0.15, 0.2) is 0 Å². The van der Waals surface area contributed by atoms with Crippen LogP contribution in [0.2, 0.25) is 0 Å². The van der Waals surface area contributed by atoms with Crippen LogP contribution in [0.15, 0.2) is 11.6 Å². The van der Waals surface area contributed by atoms with Crippen LogP contribution >= 0.6 is 0 Å². The lowest BCUT2D eigenvalue weighted by Crippen LogP contribution is -2.51. The third-order valence-electron chi connectivity index (χ3n) is 3.07. The maximum Gasteiger partial charge on any atom is 0.412 e. The molecule has 0 unspecified atom stereocenters. The molecule has 0 aromatic carbocycles. The molecule has 5 nitrogen and oxygen atoms in total. The second kappa shape index (κ2) is 6.15. The van der Waals surface area contributed by atoms with Crippen LogP contribution in [0.4, 0.5) is 18.0 Å². The summed E-state index contributed by atoms with van der Waals surface area (Å²) in [5.74, 6) is -1.49. The molecule has 0 saturated carbocycles. The number of carbonyl (C=O) groups excluding carboxylic acids is 1. The minimum atomic E-state index is -4.37. The number of rotatable bonds is 3. The summed E-state index contributed by atoms with van der Waals surface area (Å²) >= 11 is 0. The number of hydrogen-bond donors (Lipinski definition) is 2. The quantitative estimate of drug-likeness (QED) is 0.782. The molecule has 0 aliphatic carbocycles. The van der Waals surface area contributed by atoms with Crippen LogP contribution in [-0.4, -0.2) is 47.3 Å². The van der Waals surface area contributed by atoms with Gasteiger partial charge in [-0.1, -0.05) is 19.9 Å². The molecule has 8 heteroatoms. The van der Waals surface area contributed by atoms with Crippen molar-refractivity contribution in [1.29, 1.82) is 0 Å². The maximum absolute atomic E-state index is 12.4. The normalized spacial score (nSPS) is 17.7. The van der Waals surface area contributed by atoms with Crippen molar-refractivity contribution >= 4 is 12.0 Å². The Hall–Kier alpha value is -1.73. The van der Waals surface area contributed by atoms with E-state index in [0.29, 0.717) is 0 Å². The van der Waals surface area contributed by atoms with Gasteiger partial charge in [0.1, 0.15) is 6.04 Å². The molecule has 0 saturated heterocycles.